The van der Waals surface area contributed by atoms with Crippen molar-refractivity contribution in [2.24, 2.45) is 5.73 Å². The van der Waals surface area contributed by atoms with Crippen LogP contribution in [0.25, 0.3) is 0 Å². The Hall–Kier alpha value is -2.08. The predicted molar refractivity (Wildman–Crippen MR) is 86.1 cm³/mol. The number of rotatable bonds is 4. The van der Waals surface area contributed by atoms with Crippen LogP contribution < -0.4 is 21.1 Å². The molecule has 3 rings (SSSR count). The van der Waals surface area contributed by atoms with Crippen LogP contribution in [-0.2, 0) is 9.59 Å². The van der Waals surface area contributed by atoms with Crippen molar-refractivity contribution in [2.75, 3.05) is 13.1 Å². The van der Waals surface area contributed by atoms with Gasteiger partial charge in [-0.05, 0) is 37.3 Å². The van der Waals surface area contributed by atoms with E-state index in [1.807, 2.05) is 18.2 Å². The van der Waals surface area contributed by atoms with E-state index in [1.165, 1.54) is 5.56 Å². The van der Waals surface area contributed by atoms with Crippen LogP contribution in [0, 0.1) is 0 Å². The van der Waals surface area contributed by atoms with E-state index in [-0.39, 0.29) is 36.5 Å². The number of carbonyl (C=O) groups excluding carboxylic acids is 2. The summed E-state index contributed by atoms with van der Waals surface area (Å²) in [4.78, 5) is 23.1. The fourth-order valence-electron chi connectivity index (χ4n) is 3.77. The molecule has 2 bridgehead atoms. The van der Waals surface area contributed by atoms with E-state index in [1.54, 1.807) is 0 Å². The first-order valence-corrected chi connectivity index (χ1v) is 8.03. The van der Waals surface area contributed by atoms with Crippen molar-refractivity contribution < 1.29 is 14.3 Å². The highest BCUT2D eigenvalue weighted by Crippen LogP contribution is 2.48. The lowest BCUT2D eigenvalue weighted by Gasteiger charge is -2.47. The molecule has 6 heteroatoms. The zero-order valence-electron chi connectivity index (χ0n) is 13.3. The molecule has 1 aromatic carbocycles. The summed E-state index contributed by atoms with van der Waals surface area (Å²) in [5.41, 5.74) is 6.18. The Balaban J connectivity index is 1.64. The van der Waals surface area contributed by atoms with Crippen molar-refractivity contribution in [3.05, 3.63) is 29.8 Å². The molecule has 0 radical (unpaired) electrons. The minimum Gasteiger partial charge on any atom is -0.487 e. The van der Waals surface area contributed by atoms with Gasteiger partial charge in [0.2, 0.25) is 11.8 Å². The maximum atomic E-state index is 12.0. The van der Waals surface area contributed by atoms with Crippen LogP contribution >= 0.6 is 0 Å². The lowest BCUT2D eigenvalue weighted by atomic mass is 9.71. The smallest absolute Gasteiger partial charge is 0.239 e. The third-order valence-corrected chi connectivity index (χ3v) is 4.64. The molecule has 3 atom stereocenters. The lowest BCUT2D eigenvalue weighted by Crippen LogP contribution is -2.52. The van der Waals surface area contributed by atoms with Crippen molar-refractivity contribution >= 4 is 11.8 Å². The molecule has 6 nitrogen and oxygen atoms in total. The van der Waals surface area contributed by atoms with E-state index in [2.05, 4.69) is 23.6 Å². The average Bonchev–Trinajstić information content (AvgIpc) is 2.51. The summed E-state index contributed by atoms with van der Waals surface area (Å²) < 4.78 is 6.18. The molecule has 4 N–H and O–H groups in total. The van der Waals surface area contributed by atoms with Crippen LogP contribution in [0.4, 0.5) is 0 Å². The highest BCUT2D eigenvalue weighted by molar-refractivity contribution is 5.85. The first-order chi connectivity index (χ1) is 11.0. The minimum absolute atomic E-state index is 0.0364. The van der Waals surface area contributed by atoms with Gasteiger partial charge in [0.25, 0.3) is 0 Å². The van der Waals surface area contributed by atoms with E-state index in [9.17, 15) is 9.59 Å². The van der Waals surface area contributed by atoms with Crippen molar-refractivity contribution in [3.8, 4) is 5.75 Å². The Morgan fingerprint density at radius 1 is 1.30 bits per heavy atom. The van der Waals surface area contributed by atoms with E-state index >= 15 is 0 Å². The number of carbonyl (C=O) groups is 2. The van der Waals surface area contributed by atoms with Crippen LogP contribution in [0.2, 0.25) is 0 Å². The zero-order valence-corrected chi connectivity index (χ0v) is 13.3. The number of benzene rings is 1. The van der Waals surface area contributed by atoms with Gasteiger partial charge in [-0.1, -0.05) is 18.2 Å². The fraction of sp³-hybridized carbons (Fsp3) is 0.529. The molecule has 1 saturated carbocycles. The molecule has 2 aliphatic rings. The van der Waals surface area contributed by atoms with E-state index < -0.39 is 0 Å². The standard InChI is InChI=1S/C17H23N3O3/c1-17-7-11(13-4-2-3-5-14(13)23-17)6-12(8-17)20-16(22)10-19-15(21)9-18/h2-5,11-12H,6-10,18H2,1H3,(H,19,21)(H,20,22)/t11?,12-,17?/m1/s1. The molecule has 2 amide bonds. The van der Waals surface area contributed by atoms with Crippen molar-refractivity contribution in [3.63, 3.8) is 0 Å². The number of hydrogen-bond donors (Lipinski definition) is 3. The molecule has 0 spiro atoms. The zero-order chi connectivity index (χ0) is 16.4. The minimum atomic E-state index is -0.329. The summed E-state index contributed by atoms with van der Waals surface area (Å²) >= 11 is 0. The Morgan fingerprint density at radius 2 is 2.09 bits per heavy atom. The monoisotopic (exact) mass is 317 g/mol. The molecular formula is C17H23N3O3. The van der Waals surface area contributed by atoms with Crippen molar-refractivity contribution in [1.82, 2.24) is 10.6 Å². The second-order valence-corrected chi connectivity index (χ2v) is 6.68. The Morgan fingerprint density at radius 3 is 2.87 bits per heavy atom. The van der Waals surface area contributed by atoms with E-state index in [4.69, 9.17) is 10.5 Å². The van der Waals surface area contributed by atoms with Gasteiger partial charge in [0.1, 0.15) is 11.4 Å². The number of hydrogen-bond acceptors (Lipinski definition) is 4. The van der Waals surface area contributed by atoms with Gasteiger partial charge in [-0.25, -0.2) is 0 Å². The van der Waals surface area contributed by atoms with Crippen molar-refractivity contribution in [1.29, 1.82) is 0 Å². The van der Waals surface area contributed by atoms with Crippen LogP contribution in [0.15, 0.2) is 24.3 Å². The Bertz CT molecular complexity index is 619. The van der Waals surface area contributed by atoms with Crippen molar-refractivity contribution in [2.45, 2.75) is 43.7 Å². The van der Waals surface area contributed by atoms with Gasteiger partial charge >= 0.3 is 0 Å². The number of nitrogens with two attached hydrogens (primary N) is 1. The average molecular weight is 317 g/mol. The predicted octanol–water partition coefficient (Wildman–Crippen LogP) is 0.665. The van der Waals surface area contributed by atoms with Gasteiger partial charge < -0.3 is 21.1 Å². The molecule has 2 unspecified atom stereocenters. The van der Waals surface area contributed by atoms with Crippen LogP contribution in [0.3, 0.4) is 0 Å². The third kappa shape index (κ3) is 3.47. The lowest BCUT2D eigenvalue weighted by molar-refractivity contribution is -0.126. The fourth-order valence-corrected chi connectivity index (χ4v) is 3.77. The SMILES string of the molecule is CC12CC(C[C@@H](NC(=O)CNC(=O)CN)C1)c1ccccc1O2. The van der Waals surface area contributed by atoms with Crippen LogP contribution in [-0.4, -0.2) is 36.5 Å². The molecule has 1 heterocycles. The van der Waals surface area contributed by atoms with Gasteiger partial charge in [0.15, 0.2) is 0 Å². The molecule has 1 aromatic rings. The summed E-state index contributed by atoms with van der Waals surface area (Å²) in [6.07, 6.45) is 2.64. The third-order valence-electron chi connectivity index (χ3n) is 4.64. The van der Waals surface area contributed by atoms with Gasteiger partial charge in [0, 0.05) is 12.5 Å². The second-order valence-electron chi connectivity index (χ2n) is 6.68. The van der Waals surface area contributed by atoms with Gasteiger partial charge in [-0.2, -0.15) is 0 Å². The molecule has 1 fully saturated rings. The summed E-state index contributed by atoms with van der Waals surface area (Å²) in [6.45, 7) is 1.96. The summed E-state index contributed by atoms with van der Waals surface area (Å²) in [6, 6.07) is 8.18. The Kier molecular flexibility index (Phi) is 4.26. The van der Waals surface area contributed by atoms with E-state index in [0.29, 0.717) is 5.92 Å². The van der Waals surface area contributed by atoms with Crippen LogP contribution in [0.1, 0.15) is 37.7 Å². The molecular weight excluding hydrogens is 294 g/mol. The first-order valence-electron chi connectivity index (χ1n) is 8.03. The molecule has 124 valence electrons. The molecule has 1 aliphatic heterocycles. The highest BCUT2D eigenvalue weighted by Gasteiger charge is 2.44. The number of para-hydroxylation sites is 1. The maximum Gasteiger partial charge on any atom is 0.239 e. The largest absolute Gasteiger partial charge is 0.487 e. The highest BCUT2D eigenvalue weighted by atomic mass is 16.5. The van der Waals surface area contributed by atoms with Crippen LogP contribution in [0.5, 0.6) is 5.75 Å². The first kappa shape index (κ1) is 15.8. The van der Waals surface area contributed by atoms with Gasteiger partial charge in [-0.15, -0.1) is 0 Å². The molecule has 1 aliphatic carbocycles. The molecule has 0 saturated heterocycles. The number of nitrogens with one attached hydrogen (secondary N) is 2. The Labute approximate surface area is 135 Å². The summed E-state index contributed by atoms with van der Waals surface area (Å²) in [5, 5.41) is 5.50. The summed E-state index contributed by atoms with van der Waals surface area (Å²) in [5.74, 6) is 0.840. The second kappa shape index (κ2) is 6.20. The molecule has 23 heavy (non-hydrogen) atoms. The number of fused-ring (bicyclic) bond motifs is 4. The van der Waals surface area contributed by atoms with E-state index in [0.717, 1.165) is 25.0 Å². The molecule has 0 aromatic heterocycles. The topological polar surface area (TPSA) is 93.5 Å². The normalized spacial score (nSPS) is 28.3. The number of amides is 2. The van der Waals surface area contributed by atoms with Gasteiger partial charge in [-0.3, -0.25) is 9.59 Å². The quantitative estimate of drug-likeness (QED) is 0.761. The summed E-state index contributed by atoms with van der Waals surface area (Å²) in [7, 11) is 0. The maximum absolute atomic E-state index is 12.0. The van der Waals surface area contributed by atoms with Gasteiger partial charge in [0.05, 0.1) is 13.1 Å². The number of ether oxygens (including phenoxy) is 1.